The molecule has 0 unspecified atom stereocenters. The van der Waals surface area contributed by atoms with Gasteiger partial charge >= 0.3 is 0 Å². The number of carboxylic acid groups (broad SMARTS) is 3. The minimum absolute atomic E-state index is 0.0312. The first kappa shape index (κ1) is 32.0. The minimum Gasteiger partial charge on any atom is -0.549 e. The third-order valence-electron chi connectivity index (χ3n) is 8.37. The topological polar surface area (TPSA) is 162 Å². The predicted octanol–water partition coefficient (Wildman–Crippen LogP) is -2.33. The molecule has 1 amide bonds. The first-order valence-electron chi connectivity index (χ1n) is 15.1. The van der Waals surface area contributed by atoms with Crippen LogP contribution in [-0.4, -0.2) is 122 Å². The van der Waals surface area contributed by atoms with Gasteiger partial charge in [0.05, 0.1) is 24.5 Å². The van der Waals surface area contributed by atoms with Gasteiger partial charge in [-0.3, -0.25) is 24.4 Å². The highest BCUT2D eigenvalue weighted by atomic mass is 16.4. The first-order valence-corrected chi connectivity index (χ1v) is 15.1. The molecule has 0 saturated carbocycles. The lowest BCUT2D eigenvalue weighted by molar-refractivity contribution is -0.308. The summed E-state index contributed by atoms with van der Waals surface area (Å²) in [6.07, 6.45) is 0. The van der Waals surface area contributed by atoms with E-state index in [9.17, 15) is 34.5 Å². The molecule has 45 heavy (non-hydrogen) atoms. The van der Waals surface area contributed by atoms with Crippen molar-refractivity contribution in [3.63, 3.8) is 0 Å². The highest BCUT2D eigenvalue weighted by Crippen LogP contribution is 2.35. The van der Waals surface area contributed by atoms with Crippen LogP contribution in [-0.2, 0) is 25.7 Å². The summed E-state index contributed by atoms with van der Waals surface area (Å²) in [5, 5.41) is 44.1. The van der Waals surface area contributed by atoms with Gasteiger partial charge in [-0.05, 0) is 50.0 Å². The number of carbonyl (C=O) groups excluding carboxylic acids is 4. The van der Waals surface area contributed by atoms with Gasteiger partial charge in [0.1, 0.15) is 0 Å². The average Bonchev–Trinajstić information content (AvgIpc) is 2.99. The van der Waals surface area contributed by atoms with Crippen LogP contribution in [0.1, 0.15) is 5.56 Å². The molecule has 238 valence electrons. The molecule has 0 aromatic heterocycles. The number of benzene rings is 4. The Morgan fingerprint density at radius 1 is 0.533 bits per heavy atom. The van der Waals surface area contributed by atoms with Gasteiger partial charge in [0.2, 0.25) is 5.91 Å². The lowest BCUT2D eigenvalue weighted by atomic mass is 9.93. The third kappa shape index (κ3) is 8.64. The Morgan fingerprint density at radius 3 is 1.29 bits per heavy atom. The van der Waals surface area contributed by atoms with Crippen molar-refractivity contribution in [3.8, 4) is 0 Å². The van der Waals surface area contributed by atoms with E-state index in [0.717, 1.165) is 16.3 Å². The maximum atomic E-state index is 13.2. The molecule has 12 nitrogen and oxygen atoms in total. The van der Waals surface area contributed by atoms with E-state index in [4.69, 9.17) is 0 Å². The van der Waals surface area contributed by atoms with Crippen molar-refractivity contribution in [1.82, 2.24) is 24.9 Å². The maximum Gasteiger partial charge on any atom is 0.234 e. The number of nitrogens with one attached hydrogen (secondary N) is 1. The number of hydrogen-bond donors (Lipinski definition) is 1. The van der Waals surface area contributed by atoms with Crippen molar-refractivity contribution in [2.45, 2.75) is 6.54 Å². The molecule has 0 radical (unpaired) electrons. The van der Waals surface area contributed by atoms with Crippen LogP contribution in [0.3, 0.4) is 0 Å². The summed E-state index contributed by atoms with van der Waals surface area (Å²) in [4.78, 5) is 54.0. The van der Waals surface area contributed by atoms with Crippen LogP contribution in [0, 0.1) is 0 Å². The Kier molecular flexibility index (Phi) is 10.4. The molecule has 1 aliphatic heterocycles. The number of hydrogen-bond acceptors (Lipinski definition) is 11. The lowest BCUT2D eigenvalue weighted by Crippen LogP contribution is -2.52. The summed E-state index contributed by atoms with van der Waals surface area (Å²) >= 11 is 0. The molecule has 5 rings (SSSR count). The predicted molar refractivity (Wildman–Crippen MR) is 163 cm³/mol. The second-order valence-electron chi connectivity index (χ2n) is 11.6. The number of carbonyl (C=O) groups is 4. The van der Waals surface area contributed by atoms with E-state index in [-0.39, 0.29) is 71.4 Å². The Bertz CT molecular complexity index is 1580. The van der Waals surface area contributed by atoms with Gasteiger partial charge in [0.25, 0.3) is 0 Å². The maximum absolute atomic E-state index is 13.2. The zero-order valence-corrected chi connectivity index (χ0v) is 25.0. The first-order chi connectivity index (χ1) is 21.6. The van der Waals surface area contributed by atoms with Crippen LogP contribution in [0.2, 0.25) is 0 Å². The van der Waals surface area contributed by atoms with Crippen molar-refractivity contribution in [3.05, 3.63) is 60.2 Å². The van der Waals surface area contributed by atoms with Crippen molar-refractivity contribution >= 4 is 56.1 Å². The fraction of sp³-hybridized carbons (Fsp3) is 0.394. The van der Waals surface area contributed by atoms with E-state index < -0.39 is 17.9 Å². The van der Waals surface area contributed by atoms with Crippen LogP contribution in [0.5, 0.6) is 0 Å². The number of aliphatic carboxylic acids is 3. The lowest BCUT2D eigenvalue weighted by Gasteiger charge is -2.34. The summed E-state index contributed by atoms with van der Waals surface area (Å²) in [5.41, 5.74) is 0.962. The van der Waals surface area contributed by atoms with Gasteiger partial charge in [-0.15, -0.1) is 0 Å². The van der Waals surface area contributed by atoms with Gasteiger partial charge in [0, 0.05) is 78.5 Å². The fourth-order valence-corrected chi connectivity index (χ4v) is 6.14. The van der Waals surface area contributed by atoms with Crippen molar-refractivity contribution in [1.29, 1.82) is 0 Å². The third-order valence-corrected chi connectivity index (χ3v) is 8.37. The summed E-state index contributed by atoms with van der Waals surface area (Å²) in [5.74, 6) is -4.01. The highest BCUT2D eigenvalue weighted by molar-refractivity contribution is 6.23. The number of rotatable bonds is 10. The zero-order chi connectivity index (χ0) is 31.9. The van der Waals surface area contributed by atoms with Gasteiger partial charge in [-0.1, -0.05) is 42.5 Å². The normalized spacial score (nSPS) is 16.9. The molecule has 0 bridgehead atoms. The van der Waals surface area contributed by atoms with E-state index >= 15 is 0 Å². The fourth-order valence-electron chi connectivity index (χ4n) is 6.14. The molecule has 1 saturated heterocycles. The second-order valence-corrected chi connectivity index (χ2v) is 11.6. The zero-order valence-electron chi connectivity index (χ0n) is 25.0. The van der Waals surface area contributed by atoms with E-state index in [1.54, 1.807) is 14.7 Å². The average molecular weight is 615 g/mol. The Labute approximate surface area is 260 Å². The summed E-state index contributed by atoms with van der Waals surface area (Å²) in [7, 11) is 0. The van der Waals surface area contributed by atoms with Crippen molar-refractivity contribution < 1.29 is 34.5 Å². The Hall–Kier alpha value is -4.36. The van der Waals surface area contributed by atoms with Crippen molar-refractivity contribution in [2.75, 3.05) is 78.5 Å². The molecular weight excluding hydrogens is 578 g/mol. The van der Waals surface area contributed by atoms with E-state index in [1.807, 2.05) is 4.90 Å². The smallest absolute Gasteiger partial charge is 0.234 e. The molecule has 0 spiro atoms. The van der Waals surface area contributed by atoms with E-state index in [1.165, 1.54) is 21.5 Å². The largest absolute Gasteiger partial charge is 0.549 e. The van der Waals surface area contributed by atoms with Crippen LogP contribution in [0.15, 0.2) is 54.6 Å². The summed E-state index contributed by atoms with van der Waals surface area (Å²) in [6, 6.07) is 18.9. The SMILES string of the molecule is O=C([O-])CN1CCN(CC(=O)[O-])CCN(CC(=O)NCc2cc3ccc4cccc5ccc(c2)c3c45)CCN(CC(=O)[O-])CC1. The molecule has 1 aliphatic rings. The molecular formula is C33H36N5O7-3. The van der Waals surface area contributed by atoms with Gasteiger partial charge in [0.15, 0.2) is 0 Å². The summed E-state index contributed by atoms with van der Waals surface area (Å²) < 4.78 is 0. The van der Waals surface area contributed by atoms with Gasteiger partial charge in [-0.2, -0.15) is 0 Å². The summed E-state index contributed by atoms with van der Waals surface area (Å²) in [6.45, 7) is 1.52. The molecule has 1 fully saturated rings. The highest BCUT2D eigenvalue weighted by Gasteiger charge is 2.19. The van der Waals surface area contributed by atoms with Crippen LogP contribution in [0.25, 0.3) is 32.3 Å². The van der Waals surface area contributed by atoms with Gasteiger partial charge in [-0.25, -0.2) is 0 Å². The monoisotopic (exact) mass is 614 g/mol. The van der Waals surface area contributed by atoms with E-state index in [0.29, 0.717) is 19.6 Å². The molecule has 4 aromatic carbocycles. The Balaban J connectivity index is 1.26. The van der Waals surface area contributed by atoms with Crippen LogP contribution >= 0.6 is 0 Å². The Morgan fingerprint density at radius 2 is 0.889 bits per heavy atom. The standard InChI is InChI=1S/C33H39N5O7/c39-28(34-18-23-16-26-6-4-24-2-1-3-25-5-7-27(17-23)33(26)32(24)25)19-35-8-10-36(20-29(40)41)12-14-38(22-31(44)45)15-13-37(11-9-35)21-30(42)43/h1-7,16-17H,8-15,18-22H2,(H,34,39)(H,40,41)(H,42,43)(H,44,45)/p-3. The van der Waals surface area contributed by atoms with Crippen LogP contribution in [0.4, 0.5) is 0 Å². The minimum atomic E-state index is -1.28. The number of amides is 1. The molecule has 12 heteroatoms. The quantitative estimate of drug-likeness (QED) is 0.191. The number of nitrogens with zero attached hydrogens (tertiary/aromatic N) is 4. The molecule has 1 N–H and O–H groups in total. The van der Waals surface area contributed by atoms with Crippen molar-refractivity contribution in [2.24, 2.45) is 0 Å². The van der Waals surface area contributed by atoms with Gasteiger partial charge < -0.3 is 35.0 Å². The second kappa shape index (κ2) is 14.6. The molecule has 1 heterocycles. The number of carboxylic acids is 3. The molecule has 0 atom stereocenters. The molecule has 0 aliphatic carbocycles. The van der Waals surface area contributed by atoms with Crippen LogP contribution < -0.4 is 20.6 Å². The molecule has 4 aromatic rings. The van der Waals surface area contributed by atoms with E-state index in [2.05, 4.69) is 59.9 Å².